The van der Waals surface area contributed by atoms with Crippen LogP contribution in [0.3, 0.4) is 0 Å². The Morgan fingerprint density at radius 3 is 2.52 bits per heavy atom. The average molecular weight is 348 g/mol. The van der Waals surface area contributed by atoms with Gasteiger partial charge in [0.25, 0.3) is 0 Å². The van der Waals surface area contributed by atoms with Crippen LogP contribution in [0.1, 0.15) is 23.2 Å². The number of hydrogen-bond donors (Lipinski definition) is 1. The second-order valence-electron chi connectivity index (χ2n) is 4.33. The van der Waals surface area contributed by atoms with Crippen molar-refractivity contribution in [1.29, 1.82) is 0 Å². The van der Waals surface area contributed by atoms with Crippen molar-refractivity contribution in [2.24, 2.45) is 0 Å². The molecule has 130 valence electrons. The minimum absolute atomic E-state index is 0.0484. The zero-order valence-electron chi connectivity index (χ0n) is 12.8. The lowest BCUT2D eigenvalue weighted by Gasteiger charge is -2.06. The average Bonchev–Trinajstić information content (AvgIpc) is 2.94. The second kappa shape index (κ2) is 10.9. The number of aromatic carboxylic acids is 1. The maximum atomic E-state index is 11.8. The summed E-state index contributed by atoms with van der Waals surface area (Å²) < 4.78 is 31.8. The highest BCUT2D eigenvalue weighted by Crippen LogP contribution is 2.10. The molecule has 9 heteroatoms. The summed E-state index contributed by atoms with van der Waals surface area (Å²) in [5.41, 5.74) is 0. The number of hydrogen-bond acceptors (Lipinski definition) is 7. The Hall–Kier alpha value is -1.71. The molecule has 0 aliphatic rings. The molecule has 0 saturated carbocycles. The van der Waals surface area contributed by atoms with Crippen molar-refractivity contribution in [2.75, 3.05) is 38.8 Å². The van der Waals surface area contributed by atoms with Gasteiger partial charge in [0.2, 0.25) is 5.76 Å². The van der Waals surface area contributed by atoms with Crippen LogP contribution in [0, 0.1) is 0 Å². The number of carbonyl (C=O) groups is 2. The molecule has 0 aliphatic carbocycles. The van der Waals surface area contributed by atoms with Gasteiger partial charge >= 0.3 is 11.9 Å². The molecule has 1 aromatic rings. The Bertz CT molecular complexity index is 525. The highest BCUT2D eigenvalue weighted by Gasteiger charge is 2.14. The first-order valence-corrected chi connectivity index (χ1v) is 8.49. The monoisotopic (exact) mass is 348 g/mol. The maximum Gasteiger partial charge on any atom is 0.371 e. The standard InChI is InChI=1S/C14H20O8S/c1-2-19-5-6-20-7-8-21-13(15)10-23(18)9-11-3-4-12(22-11)14(16)17/h3-4H,2,5-10H2,1H3,(H,16,17). The Kier molecular flexibility index (Phi) is 9.18. The summed E-state index contributed by atoms with van der Waals surface area (Å²) >= 11 is 0. The van der Waals surface area contributed by atoms with Gasteiger partial charge < -0.3 is 23.7 Å². The first kappa shape index (κ1) is 19.3. The van der Waals surface area contributed by atoms with Crippen LogP contribution in [0.15, 0.2) is 16.5 Å². The second-order valence-corrected chi connectivity index (χ2v) is 5.79. The number of furan rings is 1. The van der Waals surface area contributed by atoms with E-state index in [1.807, 2.05) is 6.92 Å². The van der Waals surface area contributed by atoms with Crippen molar-refractivity contribution in [2.45, 2.75) is 12.7 Å². The third-order valence-electron chi connectivity index (χ3n) is 2.52. The topological polar surface area (TPSA) is 112 Å². The maximum absolute atomic E-state index is 11.8. The van der Waals surface area contributed by atoms with Crippen LogP contribution in [0.25, 0.3) is 0 Å². The van der Waals surface area contributed by atoms with Crippen molar-refractivity contribution in [3.63, 3.8) is 0 Å². The first-order valence-electron chi connectivity index (χ1n) is 7.01. The molecular formula is C14H20O8S. The quantitative estimate of drug-likeness (QED) is 0.436. The summed E-state index contributed by atoms with van der Waals surface area (Å²) in [7, 11) is -1.53. The lowest BCUT2D eigenvalue weighted by atomic mass is 10.4. The fourth-order valence-electron chi connectivity index (χ4n) is 1.53. The van der Waals surface area contributed by atoms with Crippen LogP contribution in [0.5, 0.6) is 0 Å². The Morgan fingerprint density at radius 1 is 1.17 bits per heavy atom. The van der Waals surface area contributed by atoms with Gasteiger partial charge in [0.05, 0.1) is 25.6 Å². The molecule has 0 spiro atoms. The van der Waals surface area contributed by atoms with E-state index in [0.29, 0.717) is 19.8 Å². The molecule has 0 radical (unpaired) electrons. The van der Waals surface area contributed by atoms with Crippen LogP contribution < -0.4 is 0 Å². The predicted octanol–water partition coefficient (Wildman–Crippen LogP) is 0.823. The number of carboxylic acid groups (broad SMARTS) is 1. The molecule has 1 rings (SSSR count). The van der Waals surface area contributed by atoms with E-state index in [-0.39, 0.29) is 36.2 Å². The van der Waals surface area contributed by atoms with Gasteiger partial charge in [-0.2, -0.15) is 0 Å². The summed E-state index contributed by atoms with van der Waals surface area (Å²) in [5, 5.41) is 8.70. The lowest BCUT2D eigenvalue weighted by molar-refractivity contribution is -0.142. The van der Waals surface area contributed by atoms with Gasteiger partial charge in [0.15, 0.2) is 0 Å². The van der Waals surface area contributed by atoms with Crippen LogP contribution in [0.4, 0.5) is 0 Å². The van der Waals surface area contributed by atoms with E-state index < -0.39 is 22.7 Å². The summed E-state index contributed by atoms with van der Waals surface area (Å²) in [6.07, 6.45) is 0. The first-order chi connectivity index (χ1) is 11.0. The molecule has 0 aliphatic heterocycles. The van der Waals surface area contributed by atoms with E-state index in [1.54, 1.807) is 0 Å². The molecule has 0 amide bonds. The number of rotatable bonds is 12. The van der Waals surface area contributed by atoms with E-state index in [9.17, 15) is 13.8 Å². The summed E-state index contributed by atoms with van der Waals surface area (Å²) in [6, 6.07) is 2.69. The van der Waals surface area contributed by atoms with Gasteiger partial charge in [-0.25, -0.2) is 4.79 Å². The smallest absolute Gasteiger partial charge is 0.371 e. The van der Waals surface area contributed by atoms with Gasteiger partial charge in [0.1, 0.15) is 18.1 Å². The molecule has 0 aromatic carbocycles. The summed E-state index contributed by atoms with van der Waals surface area (Å²) in [6.45, 7) is 3.72. The zero-order valence-corrected chi connectivity index (χ0v) is 13.6. The van der Waals surface area contributed by atoms with Gasteiger partial charge in [-0.05, 0) is 19.1 Å². The zero-order chi connectivity index (χ0) is 17.1. The molecule has 0 fully saturated rings. The van der Waals surface area contributed by atoms with Crippen molar-refractivity contribution in [3.05, 3.63) is 23.7 Å². The van der Waals surface area contributed by atoms with Crippen LogP contribution in [-0.4, -0.2) is 60.0 Å². The van der Waals surface area contributed by atoms with Crippen molar-refractivity contribution in [1.82, 2.24) is 0 Å². The summed E-state index contributed by atoms with van der Waals surface area (Å²) in [5.74, 6) is -2.14. The number of ether oxygens (including phenoxy) is 3. The van der Waals surface area contributed by atoms with Crippen LogP contribution in [-0.2, 0) is 35.6 Å². The largest absolute Gasteiger partial charge is 0.475 e. The number of carboxylic acids is 1. The lowest BCUT2D eigenvalue weighted by Crippen LogP contribution is -2.18. The molecule has 23 heavy (non-hydrogen) atoms. The molecule has 0 saturated heterocycles. The van der Waals surface area contributed by atoms with Crippen molar-refractivity contribution in [3.8, 4) is 0 Å². The molecule has 0 bridgehead atoms. The predicted molar refractivity (Wildman–Crippen MR) is 80.7 cm³/mol. The highest BCUT2D eigenvalue weighted by molar-refractivity contribution is 7.84. The SMILES string of the molecule is CCOCCOCCOC(=O)CS(=O)Cc1ccc(C(=O)O)o1. The molecule has 1 aromatic heterocycles. The third-order valence-corrected chi connectivity index (χ3v) is 3.69. The van der Waals surface area contributed by atoms with Crippen LogP contribution >= 0.6 is 0 Å². The van der Waals surface area contributed by atoms with Gasteiger partial charge in [0, 0.05) is 17.4 Å². The van der Waals surface area contributed by atoms with E-state index in [4.69, 9.17) is 23.7 Å². The molecule has 8 nitrogen and oxygen atoms in total. The number of esters is 1. The molecule has 1 atom stereocenters. The minimum Gasteiger partial charge on any atom is -0.475 e. The van der Waals surface area contributed by atoms with E-state index in [1.165, 1.54) is 12.1 Å². The Labute approximate surface area is 136 Å². The van der Waals surface area contributed by atoms with Gasteiger partial charge in [-0.1, -0.05) is 0 Å². The van der Waals surface area contributed by atoms with E-state index in [0.717, 1.165) is 0 Å². The third kappa shape index (κ3) is 8.48. The summed E-state index contributed by atoms with van der Waals surface area (Å²) in [4.78, 5) is 22.1. The van der Waals surface area contributed by atoms with Crippen molar-refractivity contribution >= 4 is 22.7 Å². The van der Waals surface area contributed by atoms with E-state index >= 15 is 0 Å². The molecule has 1 heterocycles. The Balaban J connectivity index is 2.15. The molecule has 1 N–H and O–H groups in total. The fraction of sp³-hybridized carbons (Fsp3) is 0.571. The minimum atomic E-state index is -1.53. The molecule has 1 unspecified atom stereocenters. The number of carbonyl (C=O) groups excluding carboxylic acids is 1. The normalized spacial score (nSPS) is 12.0. The van der Waals surface area contributed by atoms with Crippen molar-refractivity contribution < 1.29 is 37.5 Å². The van der Waals surface area contributed by atoms with Gasteiger partial charge in [-0.3, -0.25) is 9.00 Å². The van der Waals surface area contributed by atoms with Gasteiger partial charge in [-0.15, -0.1) is 0 Å². The molecular weight excluding hydrogens is 328 g/mol. The fourth-order valence-corrected chi connectivity index (χ4v) is 2.45. The van der Waals surface area contributed by atoms with E-state index in [2.05, 4.69) is 0 Å². The highest BCUT2D eigenvalue weighted by atomic mass is 32.2. The van der Waals surface area contributed by atoms with Crippen LogP contribution in [0.2, 0.25) is 0 Å². The Morgan fingerprint density at radius 2 is 1.87 bits per heavy atom.